The van der Waals surface area contributed by atoms with E-state index in [1.54, 1.807) is 24.3 Å². The first-order chi connectivity index (χ1) is 12.7. The van der Waals surface area contributed by atoms with E-state index in [0.29, 0.717) is 29.5 Å². The summed E-state index contributed by atoms with van der Waals surface area (Å²) < 4.78 is 5.73. The Balaban J connectivity index is 1.49. The third kappa shape index (κ3) is 5.11. The molecule has 0 fully saturated rings. The summed E-state index contributed by atoms with van der Waals surface area (Å²) in [7, 11) is 0. The van der Waals surface area contributed by atoms with Crippen molar-refractivity contribution < 1.29 is 9.53 Å². The fourth-order valence-corrected chi connectivity index (χ4v) is 2.74. The largest absolute Gasteiger partial charge is 0.489 e. The van der Waals surface area contributed by atoms with Crippen LogP contribution in [0.4, 0.5) is 0 Å². The Morgan fingerprint density at radius 1 is 0.885 bits per heavy atom. The Kier molecular flexibility index (Phi) is 6.29. The summed E-state index contributed by atoms with van der Waals surface area (Å²) in [6, 6.07) is 24.8. The molecule has 3 aromatic carbocycles. The number of carbonyl (C=O) groups is 1. The van der Waals surface area contributed by atoms with E-state index in [4.69, 9.17) is 16.3 Å². The van der Waals surface area contributed by atoms with Gasteiger partial charge in [-0.15, -0.1) is 0 Å². The predicted molar refractivity (Wildman–Crippen MR) is 105 cm³/mol. The zero-order chi connectivity index (χ0) is 18.2. The number of ether oxygens (including phenoxy) is 1. The van der Waals surface area contributed by atoms with Crippen molar-refractivity contribution in [3.05, 3.63) is 101 Å². The first-order valence-electron chi connectivity index (χ1n) is 8.51. The second-order valence-corrected chi connectivity index (χ2v) is 6.30. The lowest BCUT2D eigenvalue weighted by molar-refractivity contribution is 0.0954. The van der Waals surface area contributed by atoms with Gasteiger partial charge in [0.15, 0.2) is 0 Å². The van der Waals surface area contributed by atoms with E-state index in [9.17, 15) is 4.79 Å². The predicted octanol–water partition coefficient (Wildman–Crippen LogP) is 4.89. The zero-order valence-electron chi connectivity index (χ0n) is 14.3. The number of carbonyl (C=O) groups excluding carboxylic acids is 1. The third-order valence-corrected chi connectivity index (χ3v) is 4.38. The standard InChI is InChI=1S/C22H20ClNO2/c23-21-9-5-4-8-19(21)16-26-20-12-10-18(11-13-20)22(25)24-15-14-17-6-2-1-3-7-17/h1-13H,14-16H2,(H,24,25). The third-order valence-electron chi connectivity index (χ3n) is 4.01. The second kappa shape index (κ2) is 9.07. The molecule has 1 N–H and O–H groups in total. The van der Waals surface area contributed by atoms with Gasteiger partial charge in [0.05, 0.1) is 0 Å². The van der Waals surface area contributed by atoms with Crippen LogP contribution in [0.15, 0.2) is 78.9 Å². The maximum absolute atomic E-state index is 12.2. The number of rotatable bonds is 7. The van der Waals surface area contributed by atoms with E-state index in [0.717, 1.165) is 12.0 Å². The minimum absolute atomic E-state index is 0.0846. The number of hydrogen-bond donors (Lipinski definition) is 1. The molecule has 3 rings (SSSR count). The van der Waals surface area contributed by atoms with Crippen LogP contribution in [0, 0.1) is 0 Å². The quantitative estimate of drug-likeness (QED) is 0.647. The molecule has 0 bridgehead atoms. The smallest absolute Gasteiger partial charge is 0.251 e. The highest BCUT2D eigenvalue weighted by atomic mass is 35.5. The van der Waals surface area contributed by atoms with Gasteiger partial charge < -0.3 is 10.1 Å². The summed E-state index contributed by atoms with van der Waals surface area (Å²) in [5.74, 6) is 0.615. The van der Waals surface area contributed by atoms with Crippen molar-refractivity contribution in [2.75, 3.05) is 6.54 Å². The molecule has 0 aliphatic heterocycles. The molecule has 1 amide bonds. The summed E-state index contributed by atoms with van der Waals surface area (Å²) >= 11 is 6.12. The van der Waals surface area contributed by atoms with Crippen LogP contribution in [0.1, 0.15) is 21.5 Å². The van der Waals surface area contributed by atoms with Crippen molar-refractivity contribution in [1.29, 1.82) is 0 Å². The maximum atomic E-state index is 12.2. The Bertz CT molecular complexity index is 848. The maximum Gasteiger partial charge on any atom is 0.251 e. The van der Waals surface area contributed by atoms with Crippen molar-refractivity contribution >= 4 is 17.5 Å². The number of nitrogens with one attached hydrogen (secondary N) is 1. The van der Waals surface area contributed by atoms with Gasteiger partial charge in [0.25, 0.3) is 5.91 Å². The van der Waals surface area contributed by atoms with Gasteiger partial charge in [-0.2, -0.15) is 0 Å². The van der Waals surface area contributed by atoms with Crippen molar-refractivity contribution in [2.45, 2.75) is 13.0 Å². The minimum atomic E-state index is -0.0846. The molecule has 3 nitrogen and oxygen atoms in total. The fraction of sp³-hybridized carbons (Fsp3) is 0.136. The van der Waals surface area contributed by atoms with Crippen LogP contribution in [0.3, 0.4) is 0 Å². The molecule has 0 aromatic heterocycles. The summed E-state index contributed by atoms with van der Waals surface area (Å²) in [4.78, 5) is 12.2. The number of hydrogen-bond acceptors (Lipinski definition) is 2. The summed E-state index contributed by atoms with van der Waals surface area (Å²) in [6.07, 6.45) is 0.811. The van der Waals surface area contributed by atoms with Crippen LogP contribution in [0.25, 0.3) is 0 Å². The molecule has 132 valence electrons. The van der Waals surface area contributed by atoms with Crippen molar-refractivity contribution in [3.63, 3.8) is 0 Å². The molecule has 3 aromatic rings. The van der Waals surface area contributed by atoms with Gasteiger partial charge in [0.2, 0.25) is 0 Å². The summed E-state index contributed by atoms with van der Waals surface area (Å²) in [5, 5.41) is 3.62. The molecule has 0 radical (unpaired) electrons. The molecular formula is C22H20ClNO2. The molecule has 0 heterocycles. The highest BCUT2D eigenvalue weighted by molar-refractivity contribution is 6.31. The van der Waals surface area contributed by atoms with E-state index < -0.39 is 0 Å². The number of amides is 1. The average Bonchev–Trinajstić information content (AvgIpc) is 2.68. The molecule has 0 aliphatic carbocycles. The van der Waals surface area contributed by atoms with Crippen LogP contribution >= 0.6 is 11.6 Å². The molecule has 0 aliphatic rings. The lowest BCUT2D eigenvalue weighted by Crippen LogP contribution is -2.25. The van der Waals surface area contributed by atoms with Gasteiger partial charge in [-0.25, -0.2) is 0 Å². The van der Waals surface area contributed by atoms with Crippen molar-refractivity contribution in [3.8, 4) is 5.75 Å². The van der Waals surface area contributed by atoms with Crippen molar-refractivity contribution in [2.24, 2.45) is 0 Å². The topological polar surface area (TPSA) is 38.3 Å². The Morgan fingerprint density at radius 2 is 1.58 bits per heavy atom. The van der Waals surface area contributed by atoms with Gasteiger partial charge in [-0.05, 0) is 42.3 Å². The van der Waals surface area contributed by atoms with E-state index in [2.05, 4.69) is 17.4 Å². The molecule has 0 unspecified atom stereocenters. The van der Waals surface area contributed by atoms with Gasteiger partial charge in [0.1, 0.15) is 12.4 Å². The van der Waals surface area contributed by atoms with Crippen LogP contribution in [0.2, 0.25) is 5.02 Å². The van der Waals surface area contributed by atoms with Gasteiger partial charge >= 0.3 is 0 Å². The molecule has 0 atom stereocenters. The summed E-state index contributed by atoms with van der Waals surface area (Å²) in [6.45, 7) is 0.996. The zero-order valence-corrected chi connectivity index (χ0v) is 15.1. The Hall–Kier alpha value is -2.78. The SMILES string of the molecule is O=C(NCCc1ccccc1)c1ccc(OCc2ccccc2Cl)cc1. The second-order valence-electron chi connectivity index (χ2n) is 5.90. The minimum Gasteiger partial charge on any atom is -0.489 e. The van der Waals surface area contributed by atoms with Crippen LogP contribution in [-0.4, -0.2) is 12.5 Å². The molecule has 0 saturated heterocycles. The van der Waals surface area contributed by atoms with E-state index in [1.165, 1.54) is 5.56 Å². The lowest BCUT2D eigenvalue weighted by Gasteiger charge is -2.09. The normalized spacial score (nSPS) is 10.3. The highest BCUT2D eigenvalue weighted by Crippen LogP contribution is 2.19. The van der Waals surface area contributed by atoms with Crippen LogP contribution in [-0.2, 0) is 13.0 Å². The Morgan fingerprint density at radius 3 is 2.31 bits per heavy atom. The van der Waals surface area contributed by atoms with Crippen molar-refractivity contribution in [1.82, 2.24) is 5.32 Å². The molecular weight excluding hydrogens is 346 g/mol. The van der Waals surface area contributed by atoms with E-state index in [-0.39, 0.29) is 5.91 Å². The van der Waals surface area contributed by atoms with Gasteiger partial charge in [-0.3, -0.25) is 4.79 Å². The summed E-state index contributed by atoms with van der Waals surface area (Å²) in [5.41, 5.74) is 2.75. The van der Waals surface area contributed by atoms with Crippen LogP contribution in [0.5, 0.6) is 5.75 Å². The molecule has 26 heavy (non-hydrogen) atoms. The number of halogens is 1. The monoisotopic (exact) mass is 365 g/mol. The average molecular weight is 366 g/mol. The van der Waals surface area contributed by atoms with Gasteiger partial charge in [-0.1, -0.05) is 60.1 Å². The first-order valence-corrected chi connectivity index (χ1v) is 8.88. The molecule has 0 saturated carbocycles. The molecule has 0 spiro atoms. The van der Waals surface area contributed by atoms with E-state index in [1.807, 2.05) is 42.5 Å². The fourth-order valence-electron chi connectivity index (χ4n) is 2.55. The lowest BCUT2D eigenvalue weighted by atomic mass is 10.1. The molecule has 4 heteroatoms. The van der Waals surface area contributed by atoms with Gasteiger partial charge in [0, 0.05) is 22.7 Å². The van der Waals surface area contributed by atoms with E-state index >= 15 is 0 Å². The first kappa shape index (κ1) is 18.0. The van der Waals surface area contributed by atoms with Crippen LogP contribution < -0.4 is 10.1 Å². The number of benzene rings is 3. The highest BCUT2D eigenvalue weighted by Gasteiger charge is 2.06. The Labute approximate surface area is 158 Å².